The van der Waals surface area contributed by atoms with Gasteiger partial charge in [-0.2, -0.15) is 8.42 Å². The van der Waals surface area contributed by atoms with Gasteiger partial charge in [0, 0.05) is 18.2 Å². The second-order valence-corrected chi connectivity index (χ2v) is 13.2. The average molecular weight is 586 g/mol. The lowest BCUT2D eigenvalue weighted by Gasteiger charge is -2.30. The van der Waals surface area contributed by atoms with Crippen molar-refractivity contribution in [2.24, 2.45) is 4.40 Å². The monoisotopic (exact) mass is 585 g/mol. The molecule has 2 aromatic carbocycles. The Bertz CT molecular complexity index is 1290. The molecule has 2 aromatic rings. The van der Waals surface area contributed by atoms with E-state index in [0.29, 0.717) is 12.3 Å². The molecule has 1 aliphatic heterocycles. The van der Waals surface area contributed by atoms with Crippen LogP contribution in [0.25, 0.3) is 0 Å². The van der Waals surface area contributed by atoms with E-state index in [0.717, 1.165) is 68.0 Å². The Balaban J connectivity index is 1.42. The van der Waals surface area contributed by atoms with Crippen LogP contribution >= 0.6 is 11.8 Å². The van der Waals surface area contributed by atoms with Gasteiger partial charge in [0.15, 0.2) is 5.17 Å². The third-order valence-electron chi connectivity index (χ3n) is 7.20. The maximum atomic E-state index is 13.5. The number of unbranched alkanes of at least 4 members (excludes halogenated alkanes) is 3. The first kappa shape index (κ1) is 30.1. The van der Waals surface area contributed by atoms with Gasteiger partial charge in [-0.15, -0.1) is 4.40 Å². The summed E-state index contributed by atoms with van der Waals surface area (Å²) in [5, 5.41) is 2.28. The van der Waals surface area contributed by atoms with Gasteiger partial charge in [-0.1, -0.05) is 74.9 Å². The molecule has 0 bridgehead atoms. The molecule has 2 aliphatic rings. The summed E-state index contributed by atoms with van der Waals surface area (Å²) in [6.45, 7) is 4.71. The van der Waals surface area contributed by atoms with Crippen LogP contribution in [0.15, 0.2) is 57.8 Å². The Labute approximate surface area is 242 Å². The summed E-state index contributed by atoms with van der Waals surface area (Å²) in [7, 11) is -4.01. The van der Waals surface area contributed by atoms with Gasteiger partial charge in [0.1, 0.15) is 11.0 Å². The topological polar surface area (TPSA) is 105 Å². The van der Waals surface area contributed by atoms with Gasteiger partial charge in [-0.05, 0) is 62.6 Å². The number of hydrogen-bond acceptors (Lipinski definition) is 6. The number of aryl methyl sites for hydroxylation is 1. The van der Waals surface area contributed by atoms with E-state index >= 15 is 0 Å². The molecule has 1 unspecified atom stereocenters. The number of carbonyl (C=O) groups is 2. The largest absolute Gasteiger partial charge is 0.494 e. The van der Waals surface area contributed by atoms with Crippen molar-refractivity contribution < 1.29 is 22.7 Å². The van der Waals surface area contributed by atoms with E-state index in [4.69, 9.17) is 4.74 Å². The van der Waals surface area contributed by atoms with Crippen LogP contribution in [0.2, 0.25) is 0 Å². The van der Waals surface area contributed by atoms with Crippen LogP contribution in [0.5, 0.6) is 5.75 Å². The van der Waals surface area contributed by atoms with Gasteiger partial charge >= 0.3 is 0 Å². The predicted octanol–water partition coefficient (Wildman–Crippen LogP) is 6.30. The smallest absolute Gasteiger partial charge is 0.284 e. The molecule has 4 rings (SSSR count). The van der Waals surface area contributed by atoms with E-state index in [1.807, 2.05) is 19.1 Å². The van der Waals surface area contributed by atoms with Gasteiger partial charge in [0.25, 0.3) is 10.0 Å². The average Bonchev–Trinajstić information content (AvgIpc) is 3.23. The van der Waals surface area contributed by atoms with Gasteiger partial charge in [-0.3, -0.25) is 14.5 Å². The number of amides is 2. The number of benzene rings is 2. The minimum absolute atomic E-state index is 0.0774. The molecule has 2 amide bonds. The molecule has 0 aromatic heterocycles. The first-order valence-corrected chi connectivity index (χ1v) is 16.5. The van der Waals surface area contributed by atoms with Crippen LogP contribution in [0.4, 0.5) is 5.69 Å². The van der Waals surface area contributed by atoms with E-state index < -0.39 is 15.3 Å². The number of carbonyl (C=O) groups excluding carboxylic acids is 2. The molecule has 216 valence electrons. The van der Waals surface area contributed by atoms with Crippen molar-refractivity contribution >= 4 is 44.5 Å². The van der Waals surface area contributed by atoms with E-state index in [9.17, 15) is 18.0 Å². The SMILES string of the molecule is CCCCCCOc1ccc(NC(=O)CC2S/C(=N/S(=O)(=O)c3ccc(C)cc3)N(C3CCCCC3)C2=O)cc1. The van der Waals surface area contributed by atoms with Crippen LogP contribution in [-0.4, -0.2) is 48.2 Å². The minimum atomic E-state index is -4.01. The predicted molar refractivity (Wildman–Crippen MR) is 160 cm³/mol. The molecule has 1 saturated carbocycles. The molecule has 1 atom stereocenters. The number of ether oxygens (including phenoxy) is 1. The molecule has 10 heteroatoms. The first-order chi connectivity index (χ1) is 19.3. The highest BCUT2D eigenvalue weighted by atomic mass is 32.2. The number of hydrogen-bond donors (Lipinski definition) is 1. The van der Waals surface area contributed by atoms with Crippen molar-refractivity contribution in [2.45, 2.75) is 94.2 Å². The van der Waals surface area contributed by atoms with E-state index in [1.54, 1.807) is 29.2 Å². The number of thioether (sulfide) groups is 1. The molecule has 8 nitrogen and oxygen atoms in total. The van der Waals surface area contributed by atoms with Gasteiger partial charge in [0.05, 0.1) is 11.5 Å². The Morgan fingerprint density at radius 3 is 2.40 bits per heavy atom. The third kappa shape index (κ3) is 8.10. The number of nitrogens with zero attached hydrogens (tertiary/aromatic N) is 2. The number of anilines is 1. The number of sulfonamides is 1. The fraction of sp³-hybridized carbons (Fsp3) is 0.500. The van der Waals surface area contributed by atoms with Crippen LogP contribution in [0, 0.1) is 6.92 Å². The third-order valence-corrected chi connectivity index (χ3v) is 9.75. The summed E-state index contributed by atoms with van der Waals surface area (Å²) >= 11 is 1.07. The Morgan fingerprint density at radius 1 is 1.02 bits per heavy atom. The van der Waals surface area contributed by atoms with Crippen LogP contribution in [0.3, 0.4) is 0 Å². The molecular weight excluding hydrogens is 546 g/mol. The summed E-state index contributed by atoms with van der Waals surface area (Å²) in [4.78, 5) is 28.1. The second-order valence-electron chi connectivity index (χ2n) is 10.5. The van der Waals surface area contributed by atoms with Gasteiger partial charge in [0.2, 0.25) is 11.8 Å². The zero-order valence-corrected chi connectivity index (χ0v) is 24.9. The molecule has 2 fully saturated rings. The Kier molecular flexibility index (Phi) is 10.7. The van der Waals surface area contributed by atoms with Crippen molar-refractivity contribution in [2.75, 3.05) is 11.9 Å². The Hall–Kier alpha value is -2.85. The van der Waals surface area contributed by atoms with Gasteiger partial charge < -0.3 is 10.1 Å². The molecule has 1 saturated heterocycles. The summed E-state index contributed by atoms with van der Waals surface area (Å²) in [5.74, 6) is 0.178. The van der Waals surface area contributed by atoms with Crippen molar-refractivity contribution in [3.63, 3.8) is 0 Å². The molecular formula is C30H39N3O5S2. The lowest BCUT2D eigenvalue weighted by molar-refractivity contribution is -0.130. The summed E-state index contributed by atoms with van der Waals surface area (Å²) in [5.41, 5.74) is 1.55. The molecule has 0 spiro atoms. The maximum Gasteiger partial charge on any atom is 0.284 e. The number of nitrogens with one attached hydrogen (secondary N) is 1. The van der Waals surface area contributed by atoms with E-state index in [1.165, 1.54) is 25.0 Å². The molecule has 1 aliphatic carbocycles. The zero-order chi connectivity index (χ0) is 28.5. The summed E-state index contributed by atoms with van der Waals surface area (Å²) in [6, 6.07) is 13.6. The van der Waals surface area contributed by atoms with E-state index in [-0.39, 0.29) is 34.3 Å². The standard InChI is InChI=1S/C30H39N3O5S2/c1-3-4-5-9-20-38-25-16-14-23(15-17-25)31-28(34)21-27-29(35)33(24-10-7-6-8-11-24)30(39-27)32-40(36,37)26-18-12-22(2)13-19-26/h12-19,24,27H,3-11,20-21H2,1-2H3,(H,31,34)/b32-30+. The maximum absolute atomic E-state index is 13.5. The Morgan fingerprint density at radius 2 is 1.73 bits per heavy atom. The van der Waals surface area contributed by atoms with Crippen LogP contribution < -0.4 is 10.1 Å². The highest BCUT2D eigenvalue weighted by molar-refractivity contribution is 8.16. The van der Waals surface area contributed by atoms with Crippen molar-refractivity contribution in [1.29, 1.82) is 0 Å². The highest BCUT2D eigenvalue weighted by Gasteiger charge is 2.43. The lowest BCUT2D eigenvalue weighted by atomic mass is 9.94. The molecule has 0 radical (unpaired) electrons. The molecule has 1 N–H and O–H groups in total. The second kappa shape index (κ2) is 14.2. The highest BCUT2D eigenvalue weighted by Crippen LogP contribution is 2.36. The lowest BCUT2D eigenvalue weighted by Crippen LogP contribution is -2.42. The van der Waals surface area contributed by atoms with Crippen LogP contribution in [0.1, 0.15) is 76.7 Å². The summed E-state index contributed by atoms with van der Waals surface area (Å²) in [6.07, 6.45) is 9.08. The fourth-order valence-corrected chi connectivity index (χ4v) is 7.35. The zero-order valence-electron chi connectivity index (χ0n) is 23.3. The van der Waals surface area contributed by atoms with Gasteiger partial charge in [-0.25, -0.2) is 0 Å². The van der Waals surface area contributed by atoms with Crippen molar-refractivity contribution in [3.8, 4) is 5.75 Å². The number of amidine groups is 1. The normalized spacial score (nSPS) is 19.2. The fourth-order valence-electron chi connectivity index (χ4n) is 4.95. The minimum Gasteiger partial charge on any atom is -0.494 e. The van der Waals surface area contributed by atoms with Crippen LogP contribution in [-0.2, 0) is 19.6 Å². The molecule has 1 heterocycles. The van der Waals surface area contributed by atoms with Crippen molar-refractivity contribution in [1.82, 2.24) is 4.90 Å². The summed E-state index contributed by atoms with van der Waals surface area (Å²) < 4.78 is 36.1. The quantitative estimate of drug-likeness (QED) is 0.293. The van der Waals surface area contributed by atoms with Crippen molar-refractivity contribution in [3.05, 3.63) is 54.1 Å². The number of rotatable bonds is 12. The molecule has 40 heavy (non-hydrogen) atoms. The first-order valence-electron chi connectivity index (χ1n) is 14.2. The van der Waals surface area contributed by atoms with E-state index in [2.05, 4.69) is 16.6 Å².